The molecular weight excluding hydrogens is 302 g/mol. The second-order valence-electron chi connectivity index (χ2n) is 7.06. The van der Waals surface area contributed by atoms with Gasteiger partial charge < -0.3 is 15.0 Å². The molecule has 1 N–H and O–H groups in total. The van der Waals surface area contributed by atoms with Crippen LogP contribution in [0.2, 0.25) is 0 Å². The van der Waals surface area contributed by atoms with Crippen molar-refractivity contribution >= 4 is 11.6 Å². The number of amides is 1. The number of nitrogens with zero attached hydrogens (tertiary/aromatic N) is 2. The van der Waals surface area contributed by atoms with Gasteiger partial charge in [0.15, 0.2) is 0 Å². The van der Waals surface area contributed by atoms with E-state index in [1.807, 2.05) is 0 Å². The normalized spacial score (nSPS) is 24.2. The summed E-state index contributed by atoms with van der Waals surface area (Å²) >= 11 is 0. The molecule has 2 unspecified atom stereocenters. The number of carbonyl (C=O) groups is 1. The quantitative estimate of drug-likeness (QED) is 0.868. The Labute approximate surface area is 145 Å². The van der Waals surface area contributed by atoms with E-state index in [0.29, 0.717) is 19.1 Å². The van der Waals surface area contributed by atoms with Gasteiger partial charge in [-0.05, 0) is 49.9 Å². The molecule has 5 heteroatoms. The van der Waals surface area contributed by atoms with Crippen LogP contribution in [0.15, 0.2) is 24.3 Å². The summed E-state index contributed by atoms with van der Waals surface area (Å²) in [6.07, 6.45) is 4.65. The molecule has 0 radical (unpaired) electrons. The van der Waals surface area contributed by atoms with Gasteiger partial charge in [-0.25, -0.2) is 0 Å². The topological polar surface area (TPSA) is 44.8 Å². The number of hydrogen-bond acceptors (Lipinski definition) is 4. The zero-order chi connectivity index (χ0) is 16.9. The molecule has 2 aliphatic rings. The molecule has 132 valence electrons. The summed E-state index contributed by atoms with van der Waals surface area (Å²) in [6.45, 7) is 2.94. The first-order valence-electron chi connectivity index (χ1n) is 9.03. The Hall–Kier alpha value is -1.59. The van der Waals surface area contributed by atoms with Crippen molar-refractivity contribution in [3.63, 3.8) is 0 Å². The number of ether oxygens (including phenoxy) is 1. The van der Waals surface area contributed by atoms with Gasteiger partial charge in [-0.2, -0.15) is 0 Å². The van der Waals surface area contributed by atoms with Crippen LogP contribution in [-0.2, 0) is 9.53 Å². The van der Waals surface area contributed by atoms with Crippen molar-refractivity contribution in [2.24, 2.45) is 0 Å². The third-order valence-electron chi connectivity index (χ3n) is 5.03. The predicted octanol–water partition coefficient (Wildman–Crippen LogP) is 2.18. The second-order valence-corrected chi connectivity index (χ2v) is 7.06. The van der Waals surface area contributed by atoms with Crippen LogP contribution in [0.4, 0.5) is 5.69 Å². The smallest absolute Gasteiger partial charge is 0.234 e. The van der Waals surface area contributed by atoms with Gasteiger partial charge in [-0.15, -0.1) is 0 Å². The van der Waals surface area contributed by atoms with E-state index < -0.39 is 0 Å². The van der Waals surface area contributed by atoms with Crippen LogP contribution >= 0.6 is 0 Å². The number of nitrogens with one attached hydrogen (secondary N) is 1. The minimum absolute atomic E-state index is 0.112. The van der Waals surface area contributed by atoms with Crippen molar-refractivity contribution in [3.05, 3.63) is 29.8 Å². The van der Waals surface area contributed by atoms with E-state index in [4.69, 9.17) is 4.74 Å². The average Bonchev–Trinajstić information content (AvgIpc) is 3.24. The Balaban J connectivity index is 1.56. The zero-order valence-corrected chi connectivity index (χ0v) is 14.8. The Morgan fingerprint density at radius 3 is 2.96 bits per heavy atom. The Kier molecular flexibility index (Phi) is 5.74. The molecule has 2 saturated heterocycles. The van der Waals surface area contributed by atoms with Crippen LogP contribution in [0.1, 0.15) is 37.3 Å². The van der Waals surface area contributed by atoms with Gasteiger partial charge in [0.2, 0.25) is 5.91 Å². The minimum atomic E-state index is 0.112. The third-order valence-corrected chi connectivity index (χ3v) is 5.03. The maximum atomic E-state index is 12.3. The molecule has 0 bridgehead atoms. The number of carbonyl (C=O) groups excluding carboxylic acids is 1. The van der Waals surface area contributed by atoms with E-state index in [-0.39, 0.29) is 12.0 Å². The van der Waals surface area contributed by atoms with Crippen molar-refractivity contribution in [1.29, 1.82) is 0 Å². The van der Waals surface area contributed by atoms with Gasteiger partial charge in [0.1, 0.15) is 0 Å². The standard InChI is InChI=1S/C19H29N3O2/c1-21(2)16-7-3-6-15(12-16)18-9-4-10-22(18)14-19(23)20-13-17-8-5-11-24-17/h3,6-7,12,17-18H,4-5,8-11,13-14H2,1-2H3,(H,20,23). The molecular formula is C19H29N3O2. The number of anilines is 1. The summed E-state index contributed by atoms with van der Waals surface area (Å²) < 4.78 is 5.57. The SMILES string of the molecule is CN(C)c1cccc(C2CCCN2CC(=O)NCC2CCCO2)c1. The lowest BCUT2D eigenvalue weighted by molar-refractivity contribution is -0.123. The molecule has 0 aromatic heterocycles. The first-order valence-corrected chi connectivity index (χ1v) is 9.03. The maximum absolute atomic E-state index is 12.3. The summed E-state index contributed by atoms with van der Waals surface area (Å²) in [5.41, 5.74) is 2.52. The molecule has 2 aliphatic heterocycles. The summed E-state index contributed by atoms with van der Waals surface area (Å²) in [7, 11) is 4.12. The lowest BCUT2D eigenvalue weighted by atomic mass is 10.0. The summed E-state index contributed by atoms with van der Waals surface area (Å²) in [6, 6.07) is 9.00. The molecule has 0 spiro atoms. The monoisotopic (exact) mass is 331 g/mol. The fraction of sp³-hybridized carbons (Fsp3) is 0.632. The predicted molar refractivity (Wildman–Crippen MR) is 96.3 cm³/mol. The van der Waals surface area contributed by atoms with Gasteiger partial charge in [-0.1, -0.05) is 12.1 Å². The number of benzene rings is 1. The van der Waals surface area contributed by atoms with Crippen LogP contribution in [0.3, 0.4) is 0 Å². The molecule has 3 rings (SSSR count). The molecule has 0 saturated carbocycles. The Morgan fingerprint density at radius 1 is 1.33 bits per heavy atom. The fourth-order valence-electron chi connectivity index (χ4n) is 3.68. The van der Waals surface area contributed by atoms with Gasteiger partial charge in [0, 0.05) is 39.0 Å². The lowest BCUT2D eigenvalue weighted by Crippen LogP contribution is -2.40. The highest BCUT2D eigenvalue weighted by Gasteiger charge is 2.28. The van der Waals surface area contributed by atoms with E-state index in [2.05, 4.69) is 53.5 Å². The zero-order valence-electron chi connectivity index (χ0n) is 14.8. The fourth-order valence-corrected chi connectivity index (χ4v) is 3.68. The van der Waals surface area contributed by atoms with Crippen LogP contribution < -0.4 is 10.2 Å². The summed E-state index contributed by atoms with van der Waals surface area (Å²) in [4.78, 5) is 16.7. The van der Waals surface area contributed by atoms with E-state index in [9.17, 15) is 4.79 Å². The van der Waals surface area contributed by atoms with Crippen molar-refractivity contribution in [2.75, 3.05) is 45.2 Å². The van der Waals surface area contributed by atoms with E-state index in [1.54, 1.807) is 0 Å². The van der Waals surface area contributed by atoms with Gasteiger partial charge in [-0.3, -0.25) is 9.69 Å². The molecule has 5 nitrogen and oxygen atoms in total. The van der Waals surface area contributed by atoms with Crippen LogP contribution in [0, 0.1) is 0 Å². The molecule has 2 heterocycles. The van der Waals surface area contributed by atoms with Crippen molar-refractivity contribution in [2.45, 2.75) is 37.8 Å². The molecule has 0 aliphatic carbocycles. The van der Waals surface area contributed by atoms with Crippen molar-refractivity contribution in [3.8, 4) is 0 Å². The van der Waals surface area contributed by atoms with Crippen LogP contribution in [-0.4, -0.2) is 57.2 Å². The lowest BCUT2D eigenvalue weighted by Gasteiger charge is -2.25. The molecule has 1 amide bonds. The van der Waals surface area contributed by atoms with E-state index in [0.717, 1.165) is 38.8 Å². The number of likely N-dealkylation sites (tertiary alicyclic amines) is 1. The number of hydrogen-bond donors (Lipinski definition) is 1. The molecule has 1 aromatic rings. The highest BCUT2D eigenvalue weighted by atomic mass is 16.5. The maximum Gasteiger partial charge on any atom is 0.234 e. The molecule has 2 fully saturated rings. The third kappa shape index (κ3) is 4.28. The minimum Gasteiger partial charge on any atom is -0.378 e. The average molecular weight is 331 g/mol. The van der Waals surface area contributed by atoms with Crippen molar-refractivity contribution < 1.29 is 9.53 Å². The highest BCUT2D eigenvalue weighted by molar-refractivity contribution is 5.78. The molecule has 2 atom stereocenters. The largest absolute Gasteiger partial charge is 0.378 e. The summed E-state index contributed by atoms with van der Waals surface area (Å²) in [5.74, 6) is 0.112. The van der Waals surface area contributed by atoms with E-state index >= 15 is 0 Å². The highest BCUT2D eigenvalue weighted by Crippen LogP contribution is 2.33. The van der Waals surface area contributed by atoms with Gasteiger partial charge in [0.05, 0.1) is 12.6 Å². The van der Waals surface area contributed by atoms with Gasteiger partial charge >= 0.3 is 0 Å². The summed E-state index contributed by atoms with van der Waals surface area (Å²) in [5, 5.41) is 3.04. The number of rotatable bonds is 6. The Bertz CT molecular complexity index is 555. The van der Waals surface area contributed by atoms with Crippen LogP contribution in [0.25, 0.3) is 0 Å². The first kappa shape index (κ1) is 17.2. The van der Waals surface area contributed by atoms with Crippen molar-refractivity contribution in [1.82, 2.24) is 10.2 Å². The van der Waals surface area contributed by atoms with Crippen LogP contribution in [0.5, 0.6) is 0 Å². The van der Waals surface area contributed by atoms with Gasteiger partial charge in [0.25, 0.3) is 0 Å². The van der Waals surface area contributed by atoms with E-state index in [1.165, 1.54) is 11.3 Å². The first-order chi connectivity index (χ1) is 11.6. The Morgan fingerprint density at radius 2 is 2.21 bits per heavy atom. The molecule has 1 aromatic carbocycles. The molecule has 24 heavy (non-hydrogen) atoms. The second kappa shape index (κ2) is 7.99.